The molecular formula is C23H14Cl2F2N2O2. The van der Waals surface area contributed by atoms with Gasteiger partial charge in [-0.25, -0.2) is 8.78 Å². The van der Waals surface area contributed by atoms with Crippen molar-refractivity contribution in [1.29, 1.82) is 0 Å². The van der Waals surface area contributed by atoms with Crippen molar-refractivity contribution in [2.45, 2.75) is 6.54 Å². The number of imide groups is 1. The Kier molecular flexibility index (Phi) is 5.76. The summed E-state index contributed by atoms with van der Waals surface area (Å²) >= 11 is 12.3. The number of carbonyl (C=O) groups is 2. The van der Waals surface area contributed by atoms with Crippen LogP contribution in [0.4, 0.5) is 14.5 Å². The average molecular weight is 459 g/mol. The lowest BCUT2D eigenvalue weighted by Gasteiger charge is -2.15. The summed E-state index contributed by atoms with van der Waals surface area (Å²) in [6.07, 6.45) is 0. The fraction of sp³-hybridized carbons (Fsp3) is 0.0435. The number of hydrogen-bond donors (Lipinski definition) is 1. The highest BCUT2D eigenvalue weighted by Crippen LogP contribution is 2.36. The van der Waals surface area contributed by atoms with Crippen LogP contribution in [-0.2, 0) is 16.1 Å². The number of amides is 2. The van der Waals surface area contributed by atoms with E-state index in [2.05, 4.69) is 5.32 Å². The van der Waals surface area contributed by atoms with E-state index in [9.17, 15) is 18.4 Å². The fourth-order valence-corrected chi connectivity index (χ4v) is 3.76. The Labute approximate surface area is 186 Å². The minimum atomic E-state index is -1.09. The largest absolute Gasteiger partial charge is 0.350 e. The molecule has 156 valence electrons. The molecule has 4 nitrogen and oxygen atoms in total. The van der Waals surface area contributed by atoms with Gasteiger partial charge in [-0.2, -0.15) is 0 Å². The monoisotopic (exact) mass is 458 g/mol. The number of carbonyl (C=O) groups excluding carboxylic acids is 2. The standard InChI is InChI=1S/C23H14Cl2F2N2O2/c24-14-6-8-16(17(25)10-14)20-21(28-15-7-9-18(26)19(27)11-15)23(31)29(22(20)30)12-13-4-2-1-3-5-13/h1-11,28H,12H2. The van der Waals surface area contributed by atoms with Crippen LogP contribution in [0.2, 0.25) is 10.0 Å². The predicted octanol–water partition coefficient (Wildman–Crippen LogP) is 5.66. The van der Waals surface area contributed by atoms with E-state index in [4.69, 9.17) is 23.2 Å². The Morgan fingerprint density at radius 3 is 2.26 bits per heavy atom. The summed E-state index contributed by atoms with van der Waals surface area (Å²) in [6.45, 7) is 0.0379. The zero-order chi connectivity index (χ0) is 22.1. The minimum Gasteiger partial charge on any atom is -0.350 e. The van der Waals surface area contributed by atoms with Gasteiger partial charge in [0, 0.05) is 22.3 Å². The van der Waals surface area contributed by atoms with Gasteiger partial charge in [0.25, 0.3) is 11.8 Å². The molecule has 3 aromatic rings. The van der Waals surface area contributed by atoms with Gasteiger partial charge in [0.05, 0.1) is 17.1 Å². The third kappa shape index (κ3) is 4.17. The fourth-order valence-electron chi connectivity index (χ4n) is 3.26. The van der Waals surface area contributed by atoms with Crippen molar-refractivity contribution >= 4 is 46.3 Å². The smallest absolute Gasteiger partial charge is 0.278 e. The lowest BCUT2D eigenvalue weighted by atomic mass is 10.0. The molecule has 4 rings (SSSR count). The van der Waals surface area contributed by atoms with Crippen molar-refractivity contribution in [1.82, 2.24) is 4.90 Å². The zero-order valence-corrected chi connectivity index (χ0v) is 17.3. The van der Waals surface area contributed by atoms with Gasteiger partial charge in [0.15, 0.2) is 11.6 Å². The van der Waals surface area contributed by atoms with Crippen molar-refractivity contribution in [3.05, 3.63) is 105 Å². The molecule has 31 heavy (non-hydrogen) atoms. The van der Waals surface area contributed by atoms with Gasteiger partial charge < -0.3 is 5.32 Å². The van der Waals surface area contributed by atoms with Crippen LogP contribution in [0, 0.1) is 11.6 Å². The highest BCUT2D eigenvalue weighted by molar-refractivity contribution is 6.41. The van der Waals surface area contributed by atoms with Crippen LogP contribution in [0.5, 0.6) is 0 Å². The molecule has 1 aliphatic rings. The quantitative estimate of drug-likeness (QED) is 0.501. The van der Waals surface area contributed by atoms with Gasteiger partial charge in [-0.3, -0.25) is 14.5 Å². The summed E-state index contributed by atoms with van der Waals surface area (Å²) in [5.41, 5.74) is 1.09. The highest BCUT2D eigenvalue weighted by atomic mass is 35.5. The second-order valence-electron chi connectivity index (χ2n) is 6.81. The lowest BCUT2D eigenvalue weighted by molar-refractivity contribution is -0.137. The van der Waals surface area contributed by atoms with Gasteiger partial charge in [0.1, 0.15) is 5.70 Å². The summed E-state index contributed by atoms with van der Waals surface area (Å²) in [5, 5.41) is 3.30. The summed E-state index contributed by atoms with van der Waals surface area (Å²) < 4.78 is 27.0. The molecular weight excluding hydrogens is 445 g/mol. The molecule has 2 amide bonds. The molecule has 3 aromatic carbocycles. The lowest BCUT2D eigenvalue weighted by Crippen LogP contribution is -2.32. The van der Waals surface area contributed by atoms with E-state index in [-0.39, 0.29) is 28.5 Å². The van der Waals surface area contributed by atoms with E-state index >= 15 is 0 Å². The van der Waals surface area contributed by atoms with Crippen molar-refractivity contribution in [2.75, 3.05) is 5.32 Å². The highest BCUT2D eigenvalue weighted by Gasteiger charge is 2.40. The molecule has 0 bridgehead atoms. The Bertz CT molecular complexity index is 1230. The number of halogens is 4. The summed E-state index contributed by atoms with van der Waals surface area (Å²) in [5.74, 6) is -3.29. The van der Waals surface area contributed by atoms with Crippen LogP contribution in [-0.4, -0.2) is 16.7 Å². The van der Waals surface area contributed by atoms with E-state index < -0.39 is 23.4 Å². The summed E-state index contributed by atoms with van der Waals surface area (Å²) in [4.78, 5) is 27.5. The topological polar surface area (TPSA) is 49.4 Å². The molecule has 0 saturated heterocycles. The van der Waals surface area contributed by atoms with E-state index in [0.29, 0.717) is 10.6 Å². The van der Waals surface area contributed by atoms with E-state index in [0.717, 1.165) is 22.6 Å². The molecule has 0 unspecified atom stereocenters. The van der Waals surface area contributed by atoms with Crippen LogP contribution in [0.25, 0.3) is 5.57 Å². The van der Waals surface area contributed by atoms with Gasteiger partial charge in [-0.15, -0.1) is 0 Å². The first-order valence-corrected chi connectivity index (χ1v) is 9.92. The molecule has 0 saturated carbocycles. The van der Waals surface area contributed by atoms with Crippen LogP contribution in [0.3, 0.4) is 0 Å². The maximum absolute atomic E-state index is 13.7. The first kappa shape index (κ1) is 21.0. The number of nitrogens with zero attached hydrogens (tertiary/aromatic N) is 1. The molecule has 1 heterocycles. The normalized spacial score (nSPS) is 13.9. The summed E-state index contributed by atoms with van der Waals surface area (Å²) in [7, 11) is 0. The Morgan fingerprint density at radius 2 is 1.58 bits per heavy atom. The second kappa shape index (κ2) is 8.49. The number of hydrogen-bond acceptors (Lipinski definition) is 3. The SMILES string of the molecule is O=C1C(Nc2ccc(F)c(F)c2)=C(c2ccc(Cl)cc2Cl)C(=O)N1Cc1ccccc1. The van der Waals surface area contributed by atoms with Crippen LogP contribution < -0.4 is 5.32 Å². The predicted molar refractivity (Wildman–Crippen MR) is 115 cm³/mol. The van der Waals surface area contributed by atoms with Gasteiger partial charge >= 0.3 is 0 Å². The van der Waals surface area contributed by atoms with Gasteiger partial charge in [-0.05, 0) is 29.8 Å². The number of rotatable bonds is 5. The van der Waals surface area contributed by atoms with Crippen LogP contribution >= 0.6 is 23.2 Å². The van der Waals surface area contributed by atoms with E-state index in [1.165, 1.54) is 18.2 Å². The Balaban J connectivity index is 1.79. The van der Waals surface area contributed by atoms with Crippen molar-refractivity contribution in [3.63, 3.8) is 0 Å². The molecule has 0 spiro atoms. The van der Waals surface area contributed by atoms with E-state index in [1.807, 2.05) is 6.07 Å². The molecule has 0 aliphatic carbocycles. The molecule has 0 atom stereocenters. The van der Waals surface area contributed by atoms with Crippen LogP contribution in [0.1, 0.15) is 11.1 Å². The molecule has 1 N–H and O–H groups in total. The van der Waals surface area contributed by atoms with Crippen molar-refractivity contribution in [3.8, 4) is 0 Å². The minimum absolute atomic E-state index is 0.0207. The van der Waals surface area contributed by atoms with Crippen LogP contribution in [0.15, 0.2) is 72.4 Å². The number of nitrogens with one attached hydrogen (secondary N) is 1. The third-order valence-electron chi connectivity index (χ3n) is 4.74. The summed E-state index contributed by atoms with van der Waals surface area (Å²) in [6, 6.07) is 16.6. The van der Waals surface area contributed by atoms with Gasteiger partial charge in [0.2, 0.25) is 0 Å². The molecule has 0 aromatic heterocycles. The number of benzene rings is 3. The average Bonchev–Trinajstić information content (AvgIpc) is 2.96. The van der Waals surface area contributed by atoms with Gasteiger partial charge in [-0.1, -0.05) is 59.6 Å². The molecule has 1 aliphatic heterocycles. The molecule has 0 radical (unpaired) electrons. The molecule has 8 heteroatoms. The van der Waals surface area contributed by atoms with Crippen molar-refractivity contribution < 1.29 is 18.4 Å². The maximum atomic E-state index is 13.7. The Hall–Kier alpha value is -3.22. The Morgan fingerprint density at radius 1 is 0.839 bits per heavy atom. The second-order valence-corrected chi connectivity index (χ2v) is 7.65. The van der Waals surface area contributed by atoms with E-state index in [1.54, 1.807) is 30.3 Å². The first-order chi connectivity index (χ1) is 14.8. The first-order valence-electron chi connectivity index (χ1n) is 9.17. The maximum Gasteiger partial charge on any atom is 0.278 e. The number of anilines is 1. The molecule has 0 fully saturated rings. The zero-order valence-electron chi connectivity index (χ0n) is 15.8. The third-order valence-corrected chi connectivity index (χ3v) is 5.29. The van der Waals surface area contributed by atoms with Crippen molar-refractivity contribution in [2.24, 2.45) is 0 Å².